The van der Waals surface area contributed by atoms with E-state index in [1.807, 2.05) is 14.0 Å². The van der Waals surface area contributed by atoms with Gasteiger partial charge in [0.2, 0.25) is 0 Å². The molecular formula is C13H22N4O. The molecule has 1 amide bonds. The molecule has 0 spiro atoms. The summed E-state index contributed by atoms with van der Waals surface area (Å²) in [5.41, 5.74) is 7.92. The number of carbonyl (C=O) groups is 1. The number of nitrogens with two attached hydrogens (primary N) is 1. The maximum atomic E-state index is 11.5. The van der Waals surface area contributed by atoms with E-state index in [1.165, 1.54) is 0 Å². The second kappa shape index (κ2) is 6.23. The van der Waals surface area contributed by atoms with Gasteiger partial charge in [-0.15, -0.1) is 0 Å². The van der Waals surface area contributed by atoms with E-state index in [1.54, 1.807) is 7.05 Å². The molecule has 0 unspecified atom stereocenters. The van der Waals surface area contributed by atoms with Crippen LogP contribution in [0.4, 0.5) is 11.6 Å². The van der Waals surface area contributed by atoms with Crippen LogP contribution < -0.4 is 16.4 Å². The Morgan fingerprint density at radius 3 is 2.33 bits per heavy atom. The molecule has 0 fully saturated rings. The molecule has 1 heterocycles. The number of hydrogen-bond donors (Lipinski definition) is 3. The molecule has 0 aromatic carbocycles. The van der Waals surface area contributed by atoms with Crippen LogP contribution in [0.5, 0.6) is 0 Å². The van der Waals surface area contributed by atoms with Crippen molar-refractivity contribution in [2.24, 2.45) is 5.73 Å². The summed E-state index contributed by atoms with van der Waals surface area (Å²) >= 11 is 0. The average molecular weight is 250 g/mol. The van der Waals surface area contributed by atoms with Crippen molar-refractivity contribution in [3.63, 3.8) is 0 Å². The molecular weight excluding hydrogens is 228 g/mol. The van der Waals surface area contributed by atoms with Crippen molar-refractivity contribution in [2.75, 3.05) is 24.7 Å². The standard InChI is InChI=1S/C13H22N4O/c1-5-6-7-9-8(2)10(11(14)18)13(16-4)17-12(9)15-3/h5-7H2,1-4H3,(H2,14,18)(H2,15,16,17). The molecule has 4 N–H and O–H groups in total. The molecule has 0 saturated heterocycles. The number of unbranched alkanes of at least 4 members (excludes halogenated alkanes) is 1. The van der Waals surface area contributed by atoms with Crippen molar-refractivity contribution in [3.05, 3.63) is 16.7 Å². The van der Waals surface area contributed by atoms with E-state index < -0.39 is 5.91 Å². The molecule has 0 aliphatic carbocycles. The van der Waals surface area contributed by atoms with E-state index in [2.05, 4.69) is 22.5 Å². The Morgan fingerprint density at radius 2 is 1.89 bits per heavy atom. The van der Waals surface area contributed by atoms with Crippen molar-refractivity contribution >= 4 is 17.5 Å². The topological polar surface area (TPSA) is 80.0 Å². The van der Waals surface area contributed by atoms with Crippen LogP contribution in [0.3, 0.4) is 0 Å². The number of hydrogen-bond acceptors (Lipinski definition) is 4. The molecule has 0 atom stereocenters. The van der Waals surface area contributed by atoms with Gasteiger partial charge in [0.15, 0.2) is 0 Å². The van der Waals surface area contributed by atoms with Crippen LogP contribution >= 0.6 is 0 Å². The van der Waals surface area contributed by atoms with Crippen molar-refractivity contribution in [1.29, 1.82) is 0 Å². The van der Waals surface area contributed by atoms with E-state index >= 15 is 0 Å². The molecule has 5 nitrogen and oxygen atoms in total. The summed E-state index contributed by atoms with van der Waals surface area (Å²) in [6.07, 6.45) is 3.06. The number of primary amides is 1. The van der Waals surface area contributed by atoms with E-state index in [-0.39, 0.29) is 0 Å². The Labute approximate surface area is 108 Å². The van der Waals surface area contributed by atoms with Gasteiger partial charge in [-0.25, -0.2) is 4.98 Å². The summed E-state index contributed by atoms with van der Waals surface area (Å²) in [5, 5.41) is 6.01. The zero-order chi connectivity index (χ0) is 13.7. The summed E-state index contributed by atoms with van der Waals surface area (Å²) in [7, 11) is 3.57. The predicted octanol–water partition coefficient (Wildman–Crippen LogP) is 1.91. The molecule has 100 valence electrons. The lowest BCUT2D eigenvalue weighted by Crippen LogP contribution is -2.19. The summed E-state index contributed by atoms with van der Waals surface area (Å²) in [6, 6.07) is 0. The van der Waals surface area contributed by atoms with Crippen LogP contribution in [0.1, 0.15) is 41.3 Å². The van der Waals surface area contributed by atoms with Gasteiger partial charge in [-0.05, 0) is 30.9 Å². The number of amides is 1. The molecule has 1 rings (SSSR count). The minimum absolute atomic E-state index is 0.440. The number of rotatable bonds is 6. The van der Waals surface area contributed by atoms with Gasteiger partial charge < -0.3 is 16.4 Å². The summed E-state index contributed by atoms with van der Waals surface area (Å²) in [5.74, 6) is 0.907. The zero-order valence-corrected chi connectivity index (χ0v) is 11.6. The minimum atomic E-state index is -0.440. The Hall–Kier alpha value is -1.78. The molecule has 5 heteroatoms. The van der Waals surface area contributed by atoms with Crippen molar-refractivity contribution in [2.45, 2.75) is 33.1 Å². The Balaban J connectivity index is 3.39. The van der Waals surface area contributed by atoms with E-state index in [0.717, 1.165) is 36.2 Å². The lowest BCUT2D eigenvalue weighted by atomic mass is 9.98. The van der Waals surface area contributed by atoms with Crippen LogP contribution in [0.25, 0.3) is 0 Å². The number of carbonyl (C=O) groups excluding carboxylic acids is 1. The fourth-order valence-electron chi connectivity index (χ4n) is 2.09. The smallest absolute Gasteiger partial charge is 0.252 e. The number of anilines is 2. The van der Waals surface area contributed by atoms with Crippen molar-refractivity contribution in [3.8, 4) is 0 Å². The predicted molar refractivity (Wildman–Crippen MR) is 75.2 cm³/mol. The van der Waals surface area contributed by atoms with Gasteiger partial charge in [-0.1, -0.05) is 13.3 Å². The fourth-order valence-corrected chi connectivity index (χ4v) is 2.09. The number of nitrogens with zero attached hydrogens (tertiary/aromatic N) is 1. The van der Waals surface area contributed by atoms with Crippen molar-refractivity contribution in [1.82, 2.24) is 4.98 Å². The first-order valence-corrected chi connectivity index (χ1v) is 6.25. The molecule has 1 aromatic rings. The monoisotopic (exact) mass is 250 g/mol. The van der Waals surface area contributed by atoms with Crippen LogP contribution in [0.15, 0.2) is 0 Å². The lowest BCUT2D eigenvalue weighted by molar-refractivity contribution is 0.1000. The molecule has 1 aromatic heterocycles. The van der Waals surface area contributed by atoms with Gasteiger partial charge in [0.25, 0.3) is 5.91 Å². The highest BCUT2D eigenvalue weighted by molar-refractivity contribution is 6.00. The quantitative estimate of drug-likeness (QED) is 0.720. The van der Waals surface area contributed by atoms with E-state index in [9.17, 15) is 4.79 Å². The van der Waals surface area contributed by atoms with Gasteiger partial charge in [0.05, 0.1) is 5.56 Å². The highest BCUT2D eigenvalue weighted by Gasteiger charge is 2.18. The van der Waals surface area contributed by atoms with Crippen LogP contribution in [-0.2, 0) is 6.42 Å². The third kappa shape index (κ3) is 2.72. The number of nitrogens with one attached hydrogen (secondary N) is 2. The Bertz CT molecular complexity index is 443. The third-order valence-electron chi connectivity index (χ3n) is 3.07. The molecule has 0 aliphatic heterocycles. The van der Waals surface area contributed by atoms with Crippen LogP contribution in [0, 0.1) is 6.92 Å². The fraction of sp³-hybridized carbons (Fsp3) is 0.538. The maximum absolute atomic E-state index is 11.5. The number of pyridine rings is 1. The largest absolute Gasteiger partial charge is 0.373 e. The van der Waals surface area contributed by atoms with Crippen molar-refractivity contribution < 1.29 is 4.79 Å². The molecule has 18 heavy (non-hydrogen) atoms. The second-order valence-corrected chi connectivity index (χ2v) is 4.26. The summed E-state index contributed by atoms with van der Waals surface area (Å²) in [4.78, 5) is 16.0. The average Bonchev–Trinajstić information content (AvgIpc) is 2.35. The number of aromatic nitrogens is 1. The third-order valence-corrected chi connectivity index (χ3v) is 3.07. The van der Waals surface area contributed by atoms with Gasteiger partial charge in [0, 0.05) is 14.1 Å². The highest BCUT2D eigenvalue weighted by Crippen LogP contribution is 2.27. The van der Waals surface area contributed by atoms with Crippen LogP contribution in [-0.4, -0.2) is 25.0 Å². The molecule has 0 aliphatic rings. The molecule has 0 bridgehead atoms. The summed E-state index contributed by atoms with van der Waals surface area (Å²) in [6.45, 7) is 4.06. The zero-order valence-electron chi connectivity index (χ0n) is 11.6. The van der Waals surface area contributed by atoms with E-state index in [0.29, 0.717) is 11.4 Å². The van der Waals surface area contributed by atoms with Gasteiger partial charge in [-0.2, -0.15) is 0 Å². The minimum Gasteiger partial charge on any atom is -0.373 e. The maximum Gasteiger partial charge on any atom is 0.252 e. The first-order chi connectivity index (χ1) is 8.56. The SMILES string of the molecule is CCCCc1c(NC)nc(NC)c(C(N)=O)c1C. The van der Waals surface area contributed by atoms with Crippen LogP contribution in [0.2, 0.25) is 0 Å². The lowest BCUT2D eigenvalue weighted by Gasteiger charge is -2.17. The van der Waals surface area contributed by atoms with Gasteiger partial charge >= 0.3 is 0 Å². The second-order valence-electron chi connectivity index (χ2n) is 4.26. The first-order valence-electron chi connectivity index (χ1n) is 6.25. The van der Waals surface area contributed by atoms with Gasteiger partial charge in [-0.3, -0.25) is 4.79 Å². The first kappa shape index (κ1) is 14.3. The molecule has 0 radical (unpaired) electrons. The summed E-state index contributed by atoms with van der Waals surface area (Å²) < 4.78 is 0. The van der Waals surface area contributed by atoms with Gasteiger partial charge in [0.1, 0.15) is 11.6 Å². The van der Waals surface area contributed by atoms with E-state index in [4.69, 9.17) is 5.73 Å². The molecule has 0 saturated carbocycles. The Kier molecular flexibility index (Phi) is 4.95. The Morgan fingerprint density at radius 1 is 1.28 bits per heavy atom. The normalized spacial score (nSPS) is 10.2. The highest BCUT2D eigenvalue weighted by atomic mass is 16.1.